The Bertz CT molecular complexity index is 320. The van der Waals surface area contributed by atoms with Gasteiger partial charge in [0, 0.05) is 13.1 Å². The number of fused-ring (bicyclic) bond motifs is 1. The Morgan fingerprint density at radius 2 is 2.06 bits per heavy atom. The summed E-state index contributed by atoms with van der Waals surface area (Å²) in [6, 6.07) is -0.133. The zero-order chi connectivity index (χ0) is 10.3. The van der Waals surface area contributed by atoms with Gasteiger partial charge in [-0.3, -0.25) is 10.6 Å². The number of nitrogens with one attached hydrogen (secondary N) is 2. The average Bonchev–Trinajstić information content (AvgIpc) is 2.76. The minimum Gasteiger partial charge on any atom is -1.00 e. The lowest BCUT2D eigenvalue weighted by Crippen LogP contribution is -3.00. The summed E-state index contributed by atoms with van der Waals surface area (Å²) in [5, 5.41) is 7.57. The van der Waals surface area contributed by atoms with Crippen molar-refractivity contribution in [3.8, 4) is 0 Å². The number of halogens is 1. The van der Waals surface area contributed by atoms with Gasteiger partial charge >= 0.3 is 12.0 Å². The number of nitrogens with zero attached hydrogens (tertiary/aromatic N) is 2. The van der Waals surface area contributed by atoms with E-state index in [9.17, 15) is 4.79 Å². The number of quaternary nitrogens is 1. The van der Waals surface area contributed by atoms with Crippen LogP contribution in [0.4, 0.5) is 4.79 Å². The molecule has 2 fully saturated rings. The van der Waals surface area contributed by atoms with E-state index in [-0.39, 0.29) is 47.8 Å². The van der Waals surface area contributed by atoms with Gasteiger partial charge in [0.25, 0.3) is 0 Å². The summed E-state index contributed by atoms with van der Waals surface area (Å²) in [4.78, 5) is 17.6. The molecule has 3 rings (SSSR count). The predicted molar refractivity (Wildman–Crippen MR) is 54.6 cm³/mol. The zero-order valence-corrected chi connectivity index (χ0v) is 11.3. The zero-order valence-electron chi connectivity index (χ0n) is 9.15. The molecule has 2 amide bonds. The number of urea groups is 1. The van der Waals surface area contributed by atoms with Gasteiger partial charge in [-0.1, -0.05) is 0 Å². The van der Waals surface area contributed by atoms with Crippen LogP contribution in [0.1, 0.15) is 0 Å². The molecule has 0 saturated carbocycles. The molecule has 3 aliphatic heterocycles. The molecular formula is C8H16IN5O3. The Balaban J connectivity index is 0.000000722. The average molecular weight is 357 g/mol. The first-order valence-corrected chi connectivity index (χ1v) is 5.15. The van der Waals surface area contributed by atoms with E-state index in [1.165, 1.54) is 0 Å². The van der Waals surface area contributed by atoms with E-state index in [4.69, 9.17) is 4.74 Å². The Morgan fingerprint density at radius 3 is 2.71 bits per heavy atom. The van der Waals surface area contributed by atoms with Gasteiger partial charge in [0.05, 0.1) is 13.2 Å². The van der Waals surface area contributed by atoms with Crippen LogP contribution in [-0.4, -0.2) is 61.0 Å². The first-order valence-electron chi connectivity index (χ1n) is 5.15. The summed E-state index contributed by atoms with van der Waals surface area (Å²) in [6.07, 6.45) is -0.0920. The quantitative estimate of drug-likeness (QED) is 0.375. The van der Waals surface area contributed by atoms with Gasteiger partial charge in [0.15, 0.2) is 0 Å². The molecule has 9 heteroatoms. The van der Waals surface area contributed by atoms with E-state index in [0.717, 1.165) is 32.3 Å². The molecule has 6 N–H and O–H groups in total. The fourth-order valence-corrected chi connectivity index (χ4v) is 2.07. The van der Waals surface area contributed by atoms with Gasteiger partial charge < -0.3 is 44.4 Å². The molecule has 0 aromatic carbocycles. The second-order valence-corrected chi connectivity index (χ2v) is 3.84. The Labute approximate surface area is 115 Å². The minimum absolute atomic E-state index is 0. The summed E-state index contributed by atoms with van der Waals surface area (Å²) in [5.41, 5.74) is 0. The van der Waals surface area contributed by atoms with Crippen molar-refractivity contribution >= 4 is 12.0 Å². The van der Waals surface area contributed by atoms with Crippen molar-refractivity contribution in [3.05, 3.63) is 0 Å². The highest BCUT2D eigenvalue weighted by Crippen LogP contribution is 2.05. The molecular weight excluding hydrogens is 341 g/mol. The highest BCUT2D eigenvalue weighted by atomic mass is 127. The standard InChI is InChI=1S/C8H13N5O2.HI.H2O/c14-8-11-5-6(12-8)10-7(9-5)13-1-3-15-4-2-13;;/h5-6H,1-4H2,(H,9,10)(H2,11,12,14);1H;1H2. The molecule has 0 radical (unpaired) electrons. The maximum atomic E-state index is 11.0. The van der Waals surface area contributed by atoms with Crippen LogP contribution in [0, 0.1) is 0 Å². The van der Waals surface area contributed by atoms with Crippen molar-refractivity contribution in [2.24, 2.45) is 4.99 Å². The van der Waals surface area contributed by atoms with Gasteiger partial charge in [-0.15, -0.1) is 0 Å². The molecule has 2 saturated heterocycles. The highest BCUT2D eigenvalue weighted by molar-refractivity contribution is 5.80. The topological polar surface area (TPSA) is 114 Å². The molecule has 2 unspecified atom stereocenters. The number of carbonyl (C=O) groups excluding carboxylic acids is 1. The summed E-state index contributed by atoms with van der Waals surface area (Å²) >= 11 is 0. The van der Waals surface area contributed by atoms with Crippen molar-refractivity contribution in [1.82, 2.24) is 15.5 Å². The van der Waals surface area contributed by atoms with Crippen LogP contribution >= 0.6 is 0 Å². The van der Waals surface area contributed by atoms with Gasteiger partial charge in [-0.25, -0.2) is 4.79 Å². The van der Waals surface area contributed by atoms with Gasteiger partial charge in [-0.2, -0.15) is 4.99 Å². The lowest BCUT2D eigenvalue weighted by molar-refractivity contribution is -0.584. The van der Waals surface area contributed by atoms with Crippen molar-refractivity contribution in [3.63, 3.8) is 0 Å². The third-order valence-electron chi connectivity index (χ3n) is 2.85. The van der Waals surface area contributed by atoms with E-state index < -0.39 is 0 Å². The Kier molecular flexibility index (Phi) is 4.91. The summed E-state index contributed by atoms with van der Waals surface area (Å²) in [7, 11) is 0. The predicted octanol–water partition coefficient (Wildman–Crippen LogP) is -6.60. The molecule has 0 aliphatic carbocycles. The molecule has 3 heterocycles. The van der Waals surface area contributed by atoms with E-state index in [2.05, 4.69) is 20.5 Å². The minimum atomic E-state index is -0.133. The summed E-state index contributed by atoms with van der Waals surface area (Å²) < 4.78 is 5.27. The maximum Gasteiger partial charge on any atom is 0.321 e. The van der Waals surface area contributed by atoms with Crippen LogP contribution in [-0.2, 0) is 4.74 Å². The molecule has 0 spiro atoms. The molecule has 8 nitrogen and oxygen atoms in total. The number of amides is 2. The SMILES string of the molecule is O.O=C1NC2N=C(N3CCOCC3)[NH2+]C2N1.[I-]. The number of guanidine groups is 1. The van der Waals surface area contributed by atoms with Crippen LogP contribution in [0.5, 0.6) is 0 Å². The van der Waals surface area contributed by atoms with Crippen molar-refractivity contribution in [2.45, 2.75) is 12.3 Å². The second kappa shape index (κ2) is 5.80. The third-order valence-corrected chi connectivity index (χ3v) is 2.85. The largest absolute Gasteiger partial charge is 1.00 e. The second-order valence-electron chi connectivity index (χ2n) is 3.84. The lowest BCUT2D eigenvalue weighted by Gasteiger charge is -2.25. The molecule has 0 bridgehead atoms. The molecule has 0 aromatic rings. The number of carbonyl (C=O) groups is 1. The molecule has 2 atom stereocenters. The normalized spacial score (nSPS) is 30.5. The number of rotatable bonds is 0. The summed E-state index contributed by atoms with van der Waals surface area (Å²) in [6.45, 7) is 3.26. The van der Waals surface area contributed by atoms with Crippen LogP contribution in [0.15, 0.2) is 4.99 Å². The fourth-order valence-electron chi connectivity index (χ4n) is 2.07. The number of hydrogen-bond acceptors (Lipinski definition) is 4. The maximum absolute atomic E-state index is 11.0. The van der Waals surface area contributed by atoms with Crippen LogP contribution < -0.4 is 39.9 Å². The van der Waals surface area contributed by atoms with Gasteiger partial charge in [0.2, 0.25) is 12.3 Å². The fraction of sp³-hybridized carbons (Fsp3) is 0.750. The number of nitrogens with two attached hydrogens (primary N) is 1. The number of hydrogen-bond donors (Lipinski definition) is 3. The highest BCUT2D eigenvalue weighted by Gasteiger charge is 2.42. The Hall–Kier alpha value is -0.650. The van der Waals surface area contributed by atoms with Crippen LogP contribution in [0.3, 0.4) is 0 Å². The first kappa shape index (κ1) is 14.4. The molecule has 17 heavy (non-hydrogen) atoms. The number of ether oxygens (including phenoxy) is 1. The van der Waals surface area contributed by atoms with E-state index in [0.29, 0.717) is 0 Å². The molecule has 3 aliphatic rings. The first-order chi connectivity index (χ1) is 7.33. The van der Waals surface area contributed by atoms with Crippen molar-refractivity contribution in [2.75, 3.05) is 26.3 Å². The third kappa shape index (κ3) is 2.78. The van der Waals surface area contributed by atoms with E-state index >= 15 is 0 Å². The Morgan fingerprint density at radius 1 is 1.35 bits per heavy atom. The van der Waals surface area contributed by atoms with Crippen molar-refractivity contribution < 1.29 is 44.3 Å². The van der Waals surface area contributed by atoms with Gasteiger partial charge in [-0.05, 0) is 0 Å². The van der Waals surface area contributed by atoms with Gasteiger partial charge in [0.1, 0.15) is 0 Å². The summed E-state index contributed by atoms with van der Waals surface area (Å²) in [5.74, 6) is 0.973. The van der Waals surface area contributed by atoms with Crippen molar-refractivity contribution in [1.29, 1.82) is 0 Å². The van der Waals surface area contributed by atoms with E-state index in [1.54, 1.807) is 0 Å². The monoisotopic (exact) mass is 357 g/mol. The molecule has 0 aromatic heterocycles. The van der Waals surface area contributed by atoms with E-state index in [1.807, 2.05) is 5.32 Å². The molecule has 98 valence electrons. The number of morpholine rings is 1. The number of aliphatic imine (C=N–C) groups is 1. The lowest BCUT2D eigenvalue weighted by atomic mass is 10.4. The van der Waals surface area contributed by atoms with Crippen LogP contribution in [0.2, 0.25) is 0 Å². The smallest absolute Gasteiger partial charge is 0.321 e. The van der Waals surface area contributed by atoms with Crippen LogP contribution in [0.25, 0.3) is 0 Å².